The number of non-ortho nitro benzene ring substituents is 1. The molecule has 0 aliphatic heterocycles. The van der Waals surface area contributed by atoms with Crippen LogP contribution in [0.1, 0.15) is 10.5 Å². The number of likely N-dealkylation sites (N-methyl/N-ethyl adjacent to an activating group) is 1. The number of hydrogen-bond donors (Lipinski definition) is 1. The Labute approximate surface area is 155 Å². The number of furan rings is 1. The molecule has 0 bridgehead atoms. The van der Waals surface area contributed by atoms with Crippen LogP contribution < -0.4 is 5.32 Å². The molecule has 140 valence electrons. The Hall–Kier alpha value is -3.46. The van der Waals surface area contributed by atoms with E-state index in [0.717, 1.165) is 0 Å². The minimum Gasteiger partial charge on any atom is -0.463 e. The number of nitrogens with zero attached hydrogens (tertiary/aromatic N) is 4. The molecule has 0 spiro atoms. The van der Waals surface area contributed by atoms with Gasteiger partial charge in [-0.3, -0.25) is 14.9 Å². The molecule has 3 rings (SSSR count). The molecule has 0 radical (unpaired) electrons. The Kier molecular flexibility index (Phi) is 5.32. The van der Waals surface area contributed by atoms with Gasteiger partial charge in [-0.15, -0.1) is 0 Å². The first kappa shape index (κ1) is 18.3. The summed E-state index contributed by atoms with van der Waals surface area (Å²) in [6.45, 7) is 1.14. The van der Waals surface area contributed by atoms with E-state index in [0.29, 0.717) is 30.2 Å². The number of nitro benzene ring substituents is 1. The van der Waals surface area contributed by atoms with E-state index < -0.39 is 4.92 Å². The average Bonchev–Trinajstić information content (AvgIpc) is 3.31. The molecule has 0 unspecified atom stereocenters. The zero-order chi connectivity index (χ0) is 19.4. The van der Waals surface area contributed by atoms with Crippen LogP contribution in [0, 0.1) is 10.1 Å². The van der Waals surface area contributed by atoms with Crippen molar-refractivity contribution in [2.24, 2.45) is 0 Å². The van der Waals surface area contributed by atoms with E-state index in [1.807, 2.05) is 19.0 Å². The fraction of sp³-hybridized carbons (Fsp3) is 0.222. The van der Waals surface area contributed by atoms with E-state index in [4.69, 9.17) is 4.42 Å². The van der Waals surface area contributed by atoms with Crippen LogP contribution in [0.2, 0.25) is 0 Å². The summed E-state index contributed by atoms with van der Waals surface area (Å²) in [6.07, 6.45) is 1.51. The maximum atomic E-state index is 12.7. The molecule has 1 amide bonds. The number of carbonyl (C=O) groups excluding carboxylic acids is 1. The molecular weight excluding hydrogens is 350 g/mol. The predicted molar refractivity (Wildman–Crippen MR) is 98.8 cm³/mol. The summed E-state index contributed by atoms with van der Waals surface area (Å²) in [5.74, 6) is 0.176. The number of nitrogens with one attached hydrogen (secondary N) is 1. The van der Waals surface area contributed by atoms with Gasteiger partial charge in [0.05, 0.1) is 16.9 Å². The van der Waals surface area contributed by atoms with Crippen LogP contribution in [0.25, 0.3) is 17.1 Å². The van der Waals surface area contributed by atoms with E-state index in [1.54, 1.807) is 30.3 Å². The lowest BCUT2D eigenvalue weighted by Crippen LogP contribution is -2.32. The minimum atomic E-state index is -0.489. The van der Waals surface area contributed by atoms with Gasteiger partial charge in [-0.1, -0.05) is 6.07 Å². The molecule has 1 N–H and O–H groups in total. The molecule has 3 aromatic rings. The van der Waals surface area contributed by atoms with Crippen LogP contribution >= 0.6 is 0 Å². The molecule has 9 heteroatoms. The molecule has 0 aliphatic rings. The molecule has 1 aromatic carbocycles. The van der Waals surface area contributed by atoms with Crippen molar-refractivity contribution < 1.29 is 14.1 Å². The number of benzene rings is 1. The fourth-order valence-electron chi connectivity index (χ4n) is 2.51. The fourth-order valence-corrected chi connectivity index (χ4v) is 2.51. The lowest BCUT2D eigenvalue weighted by molar-refractivity contribution is -0.384. The number of aromatic nitrogens is 2. The number of amides is 1. The van der Waals surface area contributed by atoms with Crippen molar-refractivity contribution in [3.05, 3.63) is 64.5 Å². The van der Waals surface area contributed by atoms with Crippen molar-refractivity contribution in [3.8, 4) is 17.1 Å². The molecule has 0 fully saturated rings. The molecule has 0 saturated heterocycles. The van der Waals surface area contributed by atoms with Gasteiger partial charge in [-0.25, -0.2) is 4.68 Å². The first-order chi connectivity index (χ1) is 13.0. The second-order valence-corrected chi connectivity index (χ2v) is 6.14. The van der Waals surface area contributed by atoms with Crippen LogP contribution in [-0.2, 0) is 0 Å². The van der Waals surface area contributed by atoms with Gasteiger partial charge >= 0.3 is 0 Å². The maximum Gasteiger partial charge on any atom is 0.271 e. The Morgan fingerprint density at radius 1 is 1.30 bits per heavy atom. The first-order valence-corrected chi connectivity index (χ1v) is 8.27. The summed E-state index contributed by atoms with van der Waals surface area (Å²) in [6, 6.07) is 11.0. The smallest absolute Gasteiger partial charge is 0.271 e. The molecule has 27 heavy (non-hydrogen) atoms. The highest BCUT2D eigenvalue weighted by atomic mass is 16.6. The Morgan fingerprint density at radius 3 is 2.78 bits per heavy atom. The molecule has 0 aliphatic carbocycles. The number of rotatable bonds is 7. The third kappa shape index (κ3) is 4.21. The van der Waals surface area contributed by atoms with E-state index >= 15 is 0 Å². The van der Waals surface area contributed by atoms with Crippen LogP contribution in [0.4, 0.5) is 5.69 Å². The number of nitro groups is 1. The lowest BCUT2D eigenvalue weighted by atomic mass is 10.2. The Bertz CT molecular complexity index is 947. The van der Waals surface area contributed by atoms with Crippen molar-refractivity contribution in [2.45, 2.75) is 0 Å². The molecule has 2 heterocycles. The normalized spacial score (nSPS) is 10.9. The maximum absolute atomic E-state index is 12.7. The van der Waals surface area contributed by atoms with Gasteiger partial charge in [-0.05, 0) is 32.3 Å². The number of hydrogen-bond acceptors (Lipinski definition) is 6. The minimum absolute atomic E-state index is 0.0819. The van der Waals surface area contributed by atoms with Gasteiger partial charge in [0.1, 0.15) is 11.4 Å². The average molecular weight is 369 g/mol. The quantitative estimate of drug-likeness (QED) is 0.506. The highest BCUT2D eigenvalue weighted by Gasteiger charge is 2.20. The van der Waals surface area contributed by atoms with E-state index in [1.165, 1.54) is 23.1 Å². The lowest BCUT2D eigenvalue weighted by Gasteiger charge is -2.11. The largest absolute Gasteiger partial charge is 0.463 e. The predicted octanol–water partition coefficient (Wildman–Crippen LogP) is 2.33. The van der Waals surface area contributed by atoms with Crippen molar-refractivity contribution in [1.29, 1.82) is 0 Å². The standard InChI is InChI=1S/C18H19N5O4/c1-21(2)9-8-19-18(24)16-12-15(17-7-4-10-27-17)20-22(16)13-5-3-6-14(11-13)23(25)26/h3-7,10-12H,8-9H2,1-2H3,(H,19,24). The van der Waals surface area contributed by atoms with Crippen LogP contribution in [-0.4, -0.2) is 52.7 Å². The number of carbonyl (C=O) groups is 1. The van der Waals surface area contributed by atoms with Crippen LogP contribution in [0.5, 0.6) is 0 Å². The van der Waals surface area contributed by atoms with Crippen LogP contribution in [0.3, 0.4) is 0 Å². The zero-order valence-electron chi connectivity index (χ0n) is 15.0. The molecule has 0 saturated carbocycles. The Balaban J connectivity index is 1.99. The van der Waals surface area contributed by atoms with Gasteiger partial charge < -0.3 is 14.6 Å². The van der Waals surface area contributed by atoms with Crippen molar-refractivity contribution in [3.63, 3.8) is 0 Å². The summed E-state index contributed by atoms with van der Waals surface area (Å²) in [4.78, 5) is 25.2. The third-order valence-electron chi connectivity index (χ3n) is 3.85. The topological polar surface area (TPSA) is 106 Å². The zero-order valence-corrected chi connectivity index (χ0v) is 15.0. The van der Waals surface area contributed by atoms with E-state index in [-0.39, 0.29) is 17.3 Å². The highest BCUT2D eigenvalue weighted by molar-refractivity contribution is 5.94. The van der Waals surface area contributed by atoms with Gasteiger partial charge in [0.15, 0.2) is 5.76 Å². The third-order valence-corrected chi connectivity index (χ3v) is 3.85. The van der Waals surface area contributed by atoms with E-state index in [2.05, 4.69) is 10.4 Å². The molecule has 2 aromatic heterocycles. The van der Waals surface area contributed by atoms with E-state index in [9.17, 15) is 14.9 Å². The second-order valence-electron chi connectivity index (χ2n) is 6.14. The SMILES string of the molecule is CN(C)CCNC(=O)c1cc(-c2ccco2)nn1-c1cccc([N+](=O)[O-])c1. The molecular formula is C18H19N5O4. The monoisotopic (exact) mass is 369 g/mol. The Morgan fingerprint density at radius 2 is 2.11 bits per heavy atom. The van der Waals surface area contributed by atoms with Gasteiger partial charge in [0.25, 0.3) is 11.6 Å². The summed E-state index contributed by atoms with van der Waals surface area (Å²) in [7, 11) is 3.82. The summed E-state index contributed by atoms with van der Waals surface area (Å²) >= 11 is 0. The van der Waals surface area contributed by atoms with Gasteiger partial charge in [-0.2, -0.15) is 5.10 Å². The van der Waals surface area contributed by atoms with Gasteiger partial charge in [0, 0.05) is 31.3 Å². The summed E-state index contributed by atoms with van der Waals surface area (Å²) < 4.78 is 6.74. The second kappa shape index (κ2) is 7.83. The summed E-state index contributed by atoms with van der Waals surface area (Å²) in [5.41, 5.74) is 1.06. The van der Waals surface area contributed by atoms with Crippen molar-refractivity contribution in [2.75, 3.05) is 27.2 Å². The van der Waals surface area contributed by atoms with Crippen molar-refractivity contribution >= 4 is 11.6 Å². The van der Waals surface area contributed by atoms with Crippen molar-refractivity contribution in [1.82, 2.24) is 20.0 Å². The molecule has 9 nitrogen and oxygen atoms in total. The van der Waals surface area contributed by atoms with Crippen LogP contribution in [0.15, 0.2) is 53.1 Å². The first-order valence-electron chi connectivity index (χ1n) is 8.27. The molecule has 0 atom stereocenters. The summed E-state index contributed by atoms with van der Waals surface area (Å²) in [5, 5.41) is 18.3. The van der Waals surface area contributed by atoms with Gasteiger partial charge in [0.2, 0.25) is 0 Å². The highest BCUT2D eigenvalue weighted by Crippen LogP contribution is 2.24.